The quantitative estimate of drug-likeness (QED) is 0.904. The number of hydrogen-bond donors (Lipinski definition) is 1. The molecule has 5 nitrogen and oxygen atoms in total. The molecule has 1 aromatic carbocycles. The molecule has 114 valence electrons. The zero-order chi connectivity index (χ0) is 15.2. The molecule has 21 heavy (non-hydrogen) atoms. The Morgan fingerprint density at radius 2 is 2.10 bits per heavy atom. The van der Waals surface area contributed by atoms with Crippen LogP contribution in [0.1, 0.15) is 31.2 Å². The van der Waals surface area contributed by atoms with Gasteiger partial charge in [-0.3, -0.25) is 9.59 Å². The van der Waals surface area contributed by atoms with Crippen LogP contribution in [-0.2, 0) is 14.3 Å². The monoisotopic (exact) mass is 291 g/mol. The van der Waals surface area contributed by atoms with E-state index in [0.717, 1.165) is 24.1 Å². The van der Waals surface area contributed by atoms with Gasteiger partial charge in [0.25, 0.3) is 5.91 Å². The molecule has 1 heterocycles. The normalized spacial score (nSPS) is 18.2. The van der Waals surface area contributed by atoms with Crippen molar-refractivity contribution >= 4 is 17.6 Å². The molecule has 5 heteroatoms. The van der Waals surface area contributed by atoms with E-state index in [0.29, 0.717) is 13.0 Å². The van der Waals surface area contributed by atoms with Gasteiger partial charge in [-0.2, -0.15) is 0 Å². The van der Waals surface area contributed by atoms with Crippen LogP contribution in [0.3, 0.4) is 0 Å². The van der Waals surface area contributed by atoms with Crippen LogP contribution >= 0.6 is 0 Å². The Morgan fingerprint density at radius 3 is 2.71 bits per heavy atom. The van der Waals surface area contributed by atoms with Crippen molar-refractivity contribution in [2.75, 3.05) is 18.1 Å². The molecule has 0 spiro atoms. The molecule has 0 saturated carbocycles. The van der Waals surface area contributed by atoms with Crippen LogP contribution in [0, 0.1) is 6.92 Å². The highest BCUT2D eigenvalue weighted by atomic mass is 16.5. The highest BCUT2D eigenvalue weighted by molar-refractivity contribution is 5.97. The van der Waals surface area contributed by atoms with Crippen LogP contribution in [0.25, 0.3) is 0 Å². The number of hydrogen-bond acceptors (Lipinski definition) is 3. The van der Waals surface area contributed by atoms with Crippen molar-refractivity contribution in [1.82, 2.24) is 0 Å². The summed E-state index contributed by atoms with van der Waals surface area (Å²) in [5.74, 6) is -1.05. The summed E-state index contributed by atoms with van der Waals surface area (Å²) in [6, 6.07) is 7.51. The van der Waals surface area contributed by atoms with Gasteiger partial charge in [0.05, 0.1) is 6.42 Å². The number of carboxylic acid groups (broad SMARTS) is 1. The third kappa shape index (κ3) is 4.04. The summed E-state index contributed by atoms with van der Waals surface area (Å²) in [4.78, 5) is 25.1. The Labute approximate surface area is 124 Å². The summed E-state index contributed by atoms with van der Waals surface area (Å²) in [7, 11) is 0. The molecule has 1 fully saturated rings. The second-order valence-electron chi connectivity index (χ2n) is 5.28. The van der Waals surface area contributed by atoms with Gasteiger partial charge < -0.3 is 14.7 Å². The maximum atomic E-state index is 12.7. The lowest BCUT2D eigenvalue weighted by molar-refractivity contribution is -0.137. The van der Waals surface area contributed by atoms with Crippen molar-refractivity contribution in [3.63, 3.8) is 0 Å². The number of carbonyl (C=O) groups excluding carboxylic acids is 1. The molecule has 1 amide bonds. The minimum Gasteiger partial charge on any atom is -0.481 e. The Hall–Kier alpha value is -1.88. The van der Waals surface area contributed by atoms with Crippen LogP contribution in [0.2, 0.25) is 0 Å². The largest absolute Gasteiger partial charge is 0.481 e. The number of aryl methyl sites for hydroxylation is 1. The predicted molar refractivity (Wildman–Crippen MR) is 79.4 cm³/mol. The van der Waals surface area contributed by atoms with Gasteiger partial charge in [0.1, 0.15) is 6.10 Å². The number of para-hydroxylation sites is 1. The first-order valence-corrected chi connectivity index (χ1v) is 7.30. The number of amides is 1. The molecule has 1 atom stereocenters. The third-order valence-electron chi connectivity index (χ3n) is 3.68. The molecule has 1 N–H and O–H groups in total. The Balaban J connectivity index is 2.20. The van der Waals surface area contributed by atoms with Gasteiger partial charge in [-0.1, -0.05) is 18.2 Å². The molecule has 1 aliphatic rings. The Kier molecular flexibility index (Phi) is 5.33. The number of anilines is 1. The Morgan fingerprint density at radius 1 is 1.33 bits per heavy atom. The van der Waals surface area contributed by atoms with E-state index in [-0.39, 0.29) is 18.9 Å². The molecular weight excluding hydrogens is 270 g/mol. The first kappa shape index (κ1) is 15.5. The molecule has 1 aromatic rings. The van der Waals surface area contributed by atoms with Crippen molar-refractivity contribution in [1.29, 1.82) is 0 Å². The summed E-state index contributed by atoms with van der Waals surface area (Å²) >= 11 is 0. The SMILES string of the molecule is Cc1ccccc1N(CCC(=O)O)C(=O)C1CCCCO1. The minimum atomic E-state index is -0.911. The average molecular weight is 291 g/mol. The predicted octanol–water partition coefficient (Wildman–Crippen LogP) is 2.37. The lowest BCUT2D eigenvalue weighted by atomic mass is 10.1. The van der Waals surface area contributed by atoms with Crippen molar-refractivity contribution in [3.8, 4) is 0 Å². The number of ether oxygens (including phenoxy) is 1. The zero-order valence-electron chi connectivity index (χ0n) is 12.2. The number of benzene rings is 1. The third-order valence-corrected chi connectivity index (χ3v) is 3.68. The highest BCUT2D eigenvalue weighted by Gasteiger charge is 2.28. The van der Waals surface area contributed by atoms with E-state index >= 15 is 0 Å². The van der Waals surface area contributed by atoms with E-state index in [9.17, 15) is 9.59 Å². The molecule has 0 bridgehead atoms. The average Bonchev–Trinajstić information content (AvgIpc) is 2.49. The second kappa shape index (κ2) is 7.22. The molecule has 0 radical (unpaired) electrons. The van der Waals surface area contributed by atoms with E-state index in [2.05, 4.69) is 0 Å². The van der Waals surface area contributed by atoms with Crippen LogP contribution in [0.5, 0.6) is 0 Å². The van der Waals surface area contributed by atoms with E-state index in [1.807, 2.05) is 31.2 Å². The minimum absolute atomic E-state index is 0.0766. The first-order valence-electron chi connectivity index (χ1n) is 7.30. The van der Waals surface area contributed by atoms with Gasteiger partial charge in [0, 0.05) is 18.8 Å². The molecule has 2 rings (SSSR count). The lowest BCUT2D eigenvalue weighted by Gasteiger charge is -2.30. The van der Waals surface area contributed by atoms with Crippen LogP contribution in [-0.4, -0.2) is 36.2 Å². The maximum absolute atomic E-state index is 12.7. The zero-order valence-corrected chi connectivity index (χ0v) is 12.2. The number of carboxylic acids is 1. The summed E-state index contributed by atoms with van der Waals surface area (Å²) in [6.07, 6.45) is 2.12. The van der Waals surface area contributed by atoms with E-state index in [1.54, 1.807) is 4.90 Å². The van der Waals surface area contributed by atoms with Crippen LogP contribution in [0.4, 0.5) is 5.69 Å². The fourth-order valence-electron chi connectivity index (χ4n) is 2.53. The Bertz CT molecular complexity index is 509. The van der Waals surface area contributed by atoms with Crippen molar-refractivity contribution < 1.29 is 19.4 Å². The van der Waals surface area contributed by atoms with Crippen molar-refractivity contribution in [2.45, 2.75) is 38.7 Å². The maximum Gasteiger partial charge on any atom is 0.305 e. The summed E-state index contributed by atoms with van der Waals surface area (Å²) in [6.45, 7) is 2.67. The van der Waals surface area contributed by atoms with Crippen LogP contribution in [0.15, 0.2) is 24.3 Å². The molecule has 1 unspecified atom stereocenters. The topological polar surface area (TPSA) is 66.8 Å². The summed E-state index contributed by atoms with van der Waals surface area (Å²) in [5.41, 5.74) is 1.71. The van der Waals surface area contributed by atoms with Gasteiger partial charge in [-0.25, -0.2) is 0 Å². The molecular formula is C16H21NO4. The van der Waals surface area contributed by atoms with E-state index in [4.69, 9.17) is 9.84 Å². The van der Waals surface area contributed by atoms with Gasteiger partial charge in [-0.15, -0.1) is 0 Å². The van der Waals surface area contributed by atoms with Gasteiger partial charge in [0.15, 0.2) is 0 Å². The molecule has 0 aromatic heterocycles. The van der Waals surface area contributed by atoms with E-state index in [1.165, 1.54) is 0 Å². The summed E-state index contributed by atoms with van der Waals surface area (Å²) < 4.78 is 5.55. The van der Waals surface area contributed by atoms with Gasteiger partial charge >= 0.3 is 5.97 Å². The highest BCUT2D eigenvalue weighted by Crippen LogP contribution is 2.23. The number of nitrogens with zero attached hydrogens (tertiary/aromatic N) is 1. The summed E-state index contributed by atoms with van der Waals surface area (Å²) in [5, 5.41) is 8.90. The molecule has 1 aliphatic heterocycles. The fourth-order valence-corrected chi connectivity index (χ4v) is 2.53. The lowest BCUT2D eigenvalue weighted by Crippen LogP contribution is -2.43. The van der Waals surface area contributed by atoms with Crippen molar-refractivity contribution in [3.05, 3.63) is 29.8 Å². The standard InChI is InChI=1S/C16H21NO4/c1-12-6-2-3-7-13(12)17(10-9-15(18)19)16(20)14-8-4-5-11-21-14/h2-3,6-7,14H,4-5,8-11H2,1H3,(H,18,19). The number of carbonyl (C=O) groups is 2. The fraction of sp³-hybridized carbons (Fsp3) is 0.500. The smallest absolute Gasteiger partial charge is 0.305 e. The van der Waals surface area contributed by atoms with E-state index < -0.39 is 12.1 Å². The van der Waals surface area contributed by atoms with Gasteiger partial charge in [0.2, 0.25) is 0 Å². The molecule has 0 aliphatic carbocycles. The van der Waals surface area contributed by atoms with Gasteiger partial charge in [-0.05, 0) is 37.8 Å². The number of aliphatic carboxylic acids is 1. The molecule has 1 saturated heterocycles. The first-order chi connectivity index (χ1) is 10.1. The number of rotatable bonds is 5. The second-order valence-corrected chi connectivity index (χ2v) is 5.28. The van der Waals surface area contributed by atoms with Crippen LogP contribution < -0.4 is 4.90 Å². The van der Waals surface area contributed by atoms with Crippen molar-refractivity contribution in [2.24, 2.45) is 0 Å².